The Kier molecular flexibility index (Phi) is 2.49. The highest BCUT2D eigenvalue weighted by molar-refractivity contribution is 5.88. The van der Waals surface area contributed by atoms with Crippen molar-refractivity contribution in [3.8, 4) is 0 Å². The molecule has 0 saturated carbocycles. The van der Waals surface area contributed by atoms with Crippen molar-refractivity contribution in [2.24, 2.45) is 0 Å². The van der Waals surface area contributed by atoms with E-state index in [0.717, 1.165) is 12.8 Å². The molecule has 1 aromatic carbocycles. The summed E-state index contributed by atoms with van der Waals surface area (Å²) < 4.78 is 0. The van der Waals surface area contributed by atoms with Crippen molar-refractivity contribution in [2.75, 3.05) is 14.1 Å². The Balaban J connectivity index is 2.27. The number of rotatable bonds is 2. The summed E-state index contributed by atoms with van der Waals surface area (Å²) in [6.45, 7) is 0. The topological polar surface area (TPSA) is 40.5 Å². The number of benzene rings is 1. The fraction of sp³-hybridized carbons (Fsp3) is 0.417. The SMILES string of the molecule is CN(C)[C@@H]1Cc2ccc(C(=O)O)cc2C1. The van der Waals surface area contributed by atoms with Crippen LogP contribution in [-0.2, 0) is 12.8 Å². The van der Waals surface area contributed by atoms with Crippen LogP contribution in [-0.4, -0.2) is 36.1 Å². The highest BCUT2D eigenvalue weighted by Gasteiger charge is 2.23. The Morgan fingerprint density at radius 1 is 1.33 bits per heavy atom. The molecule has 1 aromatic rings. The maximum Gasteiger partial charge on any atom is 0.335 e. The first-order valence-corrected chi connectivity index (χ1v) is 5.09. The van der Waals surface area contributed by atoms with Gasteiger partial charge in [0.05, 0.1) is 5.56 Å². The summed E-state index contributed by atoms with van der Waals surface area (Å²) in [4.78, 5) is 13.0. The number of hydrogen-bond acceptors (Lipinski definition) is 2. The zero-order valence-electron chi connectivity index (χ0n) is 9.03. The van der Waals surface area contributed by atoms with Gasteiger partial charge in [0, 0.05) is 6.04 Å². The molecule has 0 fully saturated rings. The van der Waals surface area contributed by atoms with Gasteiger partial charge in [-0.2, -0.15) is 0 Å². The second-order valence-electron chi connectivity index (χ2n) is 4.31. The minimum atomic E-state index is -0.842. The van der Waals surface area contributed by atoms with Crippen LogP contribution in [0.15, 0.2) is 18.2 Å². The molecule has 80 valence electrons. The van der Waals surface area contributed by atoms with Gasteiger partial charge in [-0.1, -0.05) is 6.07 Å². The number of nitrogens with zero attached hydrogens (tertiary/aromatic N) is 1. The normalized spacial score (nSPS) is 19.3. The Labute approximate surface area is 89.3 Å². The third-order valence-electron chi connectivity index (χ3n) is 3.09. The van der Waals surface area contributed by atoms with Crippen molar-refractivity contribution in [1.82, 2.24) is 4.90 Å². The van der Waals surface area contributed by atoms with Crippen molar-refractivity contribution in [1.29, 1.82) is 0 Å². The van der Waals surface area contributed by atoms with Crippen molar-refractivity contribution in [3.05, 3.63) is 34.9 Å². The maximum atomic E-state index is 10.8. The fourth-order valence-electron chi connectivity index (χ4n) is 2.09. The van der Waals surface area contributed by atoms with E-state index in [1.807, 2.05) is 6.07 Å². The molecule has 0 unspecified atom stereocenters. The summed E-state index contributed by atoms with van der Waals surface area (Å²) in [5.74, 6) is -0.842. The first-order valence-electron chi connectivity index (χ1n) is 5.09. The van der Waals surface area contributed by atoms with E-state index < -0.39 is 5.97 Å². The van der Waals surface area contributed by atoms with Gasteiger partial charge in [-0.3, -0.25) is 0 Å². The number of carboxylic acids is 1. The van der Waals surface area contributed by atoms with E-state index in [1.54, 1.807) is 12.1 Å². The minimum Gasteiger partial charge on any atom is -0.478 e. The van der Waals surface area contributed by atoms with E-state index in [2.05, 4.69) is 19.0 Å². The molecule has 0 spiro atoms. The molecule has 0 aliphatic heterocycles. The largest absolute Gasteiger partial charge is 0.478 e. The van der Waals surface area contributed by atoms with Crippen molar-refractivity contribution < 1.29 is 9.90 Å². The number of fused-ring (bicyclic) bond motifs is 1. The van der Waals surface area contributed by atoms with Gasteiger partial charge in [-0.05, 0) is 50.2 Å². The molecule has 0 heterocycles. The van der Waals surface area contributed by atoms with E-state index in [1.165, 1.54) is 11.1 Å². The Bertz CT molecular complexity index is 399. The average Bonchev–Trinajstić information content (AvgIpc) is 2.59. The maximum absolute atomic E-state index is 10.8. The average molecular weight is 205 g/mol. The fourth-order valence-corrected chi connectivity index (χ4v) is 2.09. The van der Waals surface area contributed by atoms with Gasteiger partial charge in [-0.25, -0.2) is 4.79 Å². The van der Waals surface area contributed by atoms with Crippen LogP contribution in [0.25, 0.3) is 0 Å². The van der Waals surface area contributed by atoms with Gasteiger partial charge in [0.1, 0.15) is 0 Å². The van der Waals surface area contributed by atoms with Gasteiger partial charge < -0.3 is 10.0 Å². The lowest BCUT2D eigenvalue weighted by Gasteiger charge is -2.17. The lowest BCUT2D eigenvalue weighted by atomic mass is 10.1. The number of carboxylic acid groups (broad SMARTS) is 1. The summed E-state index contributed by atoms with van der Waals surface area (Å²) >= 11 is 0. The predicted octanol–water partition coefficient (Wildman–Crippen LogP) is 1.41. The van der Waals surface area contributed by atoms with Gasteiger partial charge >= 0.3 is 5.97 Å². The third kappa shape index (κ3) is 1.88. The van der Waals surface area contributed by atoms with Gasteiger partial charge in [0.15, 0.2) is 0 Å². The first-order chi connectivity index (χ1) is 7.08. The molecule has 3 nitrogen and oxygen atoms in total. The summed E-state index contributed by atoms with van der Waals surface area (Å²) in [5, 5.41) is 8.88. The van der Waals surface area contributed by atoms with Crippen molar-refractivity contribution >= 4 is 5.97 Å². The Morgan fingerprint density at radius 3 is 2.60 bits per heavy atom. The molecule has 1 aliphatic rings. The van der Waals surface area contributed by atoms with Crippen LogP contribution in [0, 0.1) is 0 Å². The van der Waals surface area contributed by atoms with Crippen LogP contribution in [0.2, 0.25) is 0 Å². The number of likely N-dealkylation sites (N-methyl/N-ethyl adjacent to an activating group) is 1. The molecule has 1 atom stereocenters. The molecule has 1 aliphatic carbocycles. The summed E-state index contributed by atoms with van der Waals surface area (Å²) in [6, 6.07) is 5.96. The Morgan fingerprint density at radius 2 is 2.00 bits per heavy atom. The van der Waals surface area contributed by atoms with Crippen LogP contribution < -0.4 is 0 Å². The molecular weight excluding hydrogens is 190 g/mol. The molecule has 2 rings (SSSR count). The summed E-state index contributed by atoms with van der Waals surface area (Å²) in [6.07, 6.45) is 1.99. The van der Waals surface area contributed by atoms with Gasteiger partial charge in [0.2, 0.25) is 0 Å². The number of hydrogen-bond donors (Lipinski definition) is 1. The van der Waals surface area contributed by atoms with E-state index in [-0.39, 0.29) is 0 Å². The number of aromatic carboxylic acids is 1. The van der Waals surface area contributed by atoms with E-state index in [4.69, 9.17) is 5.11 Å². The highest BCUT2D eigenvalue weighted by atomic mass is 16.4. The monoisotopic (exact) mass is 205 g/mol. The van der Waals surface area contributed by atoms with Gasteiger partial charge in [-0.15, -0.1) is 0 Å². The molecule has 0 saturated heterocycles. The van der Waals surface area contributed by atoms with Crippen molar-refractivity contribution in [2.45, 2.75) is 18.9 Å². The van der Waals surface area contributed by atoms with E-state index in [9.17, 15) is 4.79 Å². The smallest absolute Gasteiger partial charge is 0.335 e. The Hall–Kier alpha value is -1.35. The van der Waals surface area contributed by atoms with Crippen LogP contribution in [0.3, 0.4) is 0 Å². The van der Waals surface area contributed by atoms with Gasteiger partial charge in [0.25, 0.3) is 0 Å². The summed E-state index contributed by atoms with van der Waals surface area (Å²) in [7, 11) is 4.13. The lowest BCUT2D eigenvalue weighted by molar-refractivity contribution is 0.0697. The molecular formula is C12H15NO2. The molecule has 1 N–H and O–H groups in total. The summed E-state index contributed by atoms with van der Waals surface area (Å²) in [5.41, 5.74) is 2.88. The standard InChI is InChI=1S/C12H15NO2/c1-13(2)11-6-8-3-4-9(12(14)15)5-10(8)7-11/h3-5,11H,6-7H2,1-2H3,(H,14,15)/t11-/m1/s1. The molecule has 0 aromatic heterocycles. The van der Waals surface area contributed by atoms with Crippen LogP contribution in [0.5, 0.6) is 0 Å². The molecule has 3 heteroatoms. The van der Waals surface area contributed by atoms with Crippen LogP contribution in [0.1, 0.15) is 21.5 Å². The zero-order chi connectivity index (χ0) is 11.0. The van der Waals surface area contributed by atoms with E-state index >= 15 is 0 Å². The number of carbonyl (C=O) groups is 1. The molecule has 0 amide bonds. The second-order valence-corrected chi connectivity index (χ2v) is 4.31. The zero-order valence-corrected chi connectivity index (χ0v) is 9.03. The van der Waals surface area contributed by atoms with E-state index in [0.29, 0.717) is 11.6 Å². The van der Waals surface area contributed by atoms with Crippen LogP contribution >= 0.6 is 0 Å². The minimum absolute atomic E-state index is 0.396. The molecule has 0 bridgehead atoms. The molecule has 15 heavy (non-hydrogen) atoms. The highest BCUT2D eigenvalue weighted by Crippen LogP contribution is 2.25. The van der Waals surface area contributed by atoms with Crippen molar-refractivity contribution in [3.63, 3.8) is 0 Å². The second kappa shape index (κ2) is 3.66. The molecule has 0 radical (unpaired) electrons. The predicted molar refractivity (Wildman–Crippen MR) is 58.3 cm³/mol. The lowest BCUT2D eigenvalue weighted by Crippen LogP contribution is -2.27. The van der Waals surface area contributed by atoms with Crippen LogP contribution in [0.4, 0.5) is 0 Å². The third-order valence-corrected chi connectivity index (χ3v) is 3.09. The quantitative estimate of drug-likeness (QED) is 0.793. The first kappa shape index (κ1) is 10.2.